The second-order valence-electron chi connectivity index (χ2n) is 6.68. The summed E-state index contributed by atoms with van der Waals surface area (Å²) in [5.74, 6) is 0.952. The molecule has 21 heavy (non-hydrogen) atoms. The maximum Gasteiger partial charge on any atom is 0.293 e. The smallest absolute Gasteiger partial charge is 0.293 e. The molecule has 1 N–H and O–H groups in total. The zero-order chi connectivity index (χ0) is 15.4. The van der Waals surface area contributed by atoms with Crippen molar-refractivity contribution in [2.75, 3.05) is 18.4 Å². The zero-order valence-electron chi connectivity index (χ0n) is 13.7. The summed E-state index contributed by atoms with van der Waals surface area (Å²) >= 11 is 0. The lowest BCUT2D eigenvalue weighted by Gasteiger charge is -2.34. The van der Waals surface area contributed by atoms with E-state index in [9.17, 15) is 4.79 Å². The SMILES string of the molecule is CC(C)Cn1ccnc(NC2CCN(C(C)C)CC2)c1=O. The molecular formula is C16H28N4O. The summed E-state index contributed by atoms with van der Waals surface area (Å²) in [7, 11) is 0. The molecule has 0 aliphatic carbocycles. The summed E-state index contributed by atoms with van der Waals surface area (Å²) in [6.45, 7) is 11.6. The molecule has 0 atom stereocenters. The van der Waals surface area contributed by atoms with Gasteiger partial charge in [0.15, 0.2) is 5.82 Å². The molecule has 0 unspecified atom stereocenters. The van der Waals surface area contributed by atoms with E-state index in [4.69, 9.17) is 0 Å². The van der Waals surface area contributed by atoms with Gasteiger partial charge >= 0.3 is 0 Å². The predicted octanol–water partition coefficient (Wildman–Crippen LogP) is 2.18. The molecule has 5 nitrogen and oxygen atoms in total. The van der Waals surface area contributed by atoms with Gasteiger partial charge in [0.05, 0.1) is 0 Å². The van der Waals surface area contributed by atoms with Gasteiger partial charge in [-0.3, -0.25) is 4.79 Å². The molecular weight excluding hydrogens is 264 g/mol. The van der Waals surface area contributed by atoms with E-state index in [1.54, 1.807) is 17.0 Å². The van der Waals surface area contributed by atoms with Crippen molar-refractivity contribution in [2.45, 2.75) is 59.2 Å². The number of aromatic nitrogens is 2. The van der Waals surface area contributed by atoms with Gasteiger partial charge in [-0.25, -0.2) is 4.98 Å². The second kappa shape index (κ2) is 7.07. The van der Waals surface area contributed by atoms with Crippen LogP contribution in [0.1, 0.15) is 40.5 Å². The third-order valence-electron chi connectivity index (χ3n) is 4.08. The van der Waals surface area contributed by atoms with Crippen molar-refractivity contribution in [3.8, 4) is 0 Å². The Morgan fingerprint density at radius 1 is 1.29 bits per heavy atom. The van der Waals surface area contributed by atoms with E-state index in [0.29, 0.717) is 23.8 Å². The van der Waals surface area contributed by atoms with Gasteiger partial charge in [0.1, 0.15) is 0 Å². The fourth-order valence-corrected chi connectivity index (χ4v) is 2.84. The van der Waals surface area contributed by atoms with Crippen LogP contribution in [0.25, 0.3) is 0 Å². The van der Waals surface area contributed by atoms with Crippen LogP contribution in [0.5, 0.6) is 0 Å². The minimum atomic E-state index is -0.00232. The molecule has 0 aromatic carbocycles. The van der Waals surface area contributed by atoms with Crippen molar-refractivity contribution in [3.63, 3.8) is 0 Å². The Bertz CT molecular complexity index is 501. The van der Waals surface area contributed by atoms with Crippen molar-refractivity contribution >= 4 is 5.82 Å². The lowest BCUT2D eigenvalue weighted by molar-refractivity contribution is 0.177. The van der Waals surface area contributed by atoms with E-state index in [2.05, 4.69) is 42.9 Å². The summed E-state index contributed by atoms with van der Waals surface area (Å²) in [6, 6.07) is 0.958. The highest BCUT2D eigenvalue weighted by Crippen LogP contribution is 2.15. The number of anilines is 1. The number of nitrogens with zero attached hydrogens (tertiary/aromatic N) is 3. The molecule has 1 aromatic rings. The monoisotopic (exact) mass is 292 g/mol. The number of hydrogen-bond donors (Lipinski definition) is 1. The third kappa shape index (κ3) is 4.30. The minimum Gasteiger partial charge on any atom is -0.363 e. The average Bonchev–Trinajstić information content (AvgIpc) is 2.43. The number of piperidine rings is 1. The van der Waals surface area contributed by atoms with E-state index < -0.39 is 0 Å². The number of nitrogens with one attached hydrogen (secondary N) is 1. The van der Waals surface area contributed by atoms with E-state index in [0.717, 1.165) is 32.5 Å². The van der Waals surface area contributed by atoms with Crippen LogP contribution in [0.4, 0.5) is 5.82 Å². The van der Waals surface area contributed by atoms with Gasteiger partial charge < -0.3 is 14.8 Å². The molecule has 0 bridgehead atoms. The summed E-state index contributed by atoms with van der Waals surface area (Å²) in [4.78, 5) is 19.1. The summed E-state index contributed by atoms with van der Waals surface area (Å²) in [5.41, 5.74) is -0.00232. The first kappa shape index (κ1) is 16.0. The van der Waals surface area contributed by atoms with Crippen LogP contribution in [0.3, 0.4) is 0 Å². The first-order valence-corrected chi connectivity index (χ1v) is 8.03. The van der Waals surface area contributed by atoms with Crippen molar-refractivity contribution < 1.29 is 0 Å². The van der Waals surface area contributed by atoms with Gasteiger partial charge in [-0.05, 0) is 32.6 Å². The zero-order valence-corrected chi connectivity index (χ0v) is 13.7. The lowest BCUT2D eigenvalue weighted by atomic mass is 10.0. The molecule has 1 fully saturated rings. The molecule has 2 heterocycles. The summed E-state index contributed by atoms with van der Waals surface area (Å²) < 4.78 is 1.75. The van der Waals surface area contributed by atoms with Gasteiger partial charge in [-0.1, -0.05) is 13.8 Å². The third-order valence-corrected chi connectivity index (χ3v) is 4.08. The fraction of sp³-hybridized carbons (Fsp3) is 0.750. The Morgan fingerprint density at radius 2 is 1.95 bits per heavy atom. The Labute approximate surface area is 127 Å². The minimum absolute atomic E-state index is 0.00232. The molecule has 1 aliphatic rings. The average molecular weight is 292 g/mol. The molecule has 118 valence electrons. The Morgan fingerprint density at radius 3 is 2.52 bits per heavy atom. The highest BCUT2D eigenvalue weighted by atomic mass is 16.1. The normalized spacial score (nSPS) is 17.6. The lowest BCUT2D eigenvalue weighted by Crippen LogP contribution is -2.43. The standard InChI is InChI=1S/C16H28N4O/c1-12(2)11-20-10-7-17-15(16(20)21)18-14-5-8-19(9-6-14)13(3)4/h7,10,12-14H,5-6,8-9,11H2,1-4H3,(H,17,18). The Balaban J connectivity index is 1.99. The van der Waals surface area contributed by atoms with Crippen LogP contribution in [0.15, 0.2) is 17.2 Å². The maximum atomic E-state index is 12.4. The van der Waals surface area contributed by atoms with Crippen molar-refractivity contribution in [1.82, 2.24) is 14.5 Å². The maximum absolute atomic E-state index is 12.4. The molecule has 0 amide bonds. The molecule has 0 spiro atoms. The summed E-state index contributed by atoms with van der Waals surface area (Å²) in [5, 5.41) is 3.35. The van der Waals surface area contributed by atoms with E-state index in [1.165, 1.54) is 0 Å². The topological polar surface area (TPSA) is 50.2 Å². The van der Waals surface area contributed by atoms with E-state index in [1.807, 2.05) is 0 Å². The van der Waals surface area contributed by atoms with E-state index in [-0.39, 0.29) is 5.56 Å². The molecule has 1 aliphatic heterocycles. The number of hydrogen-bond acceptors (Lipinski definition) is 4. The molecule has 0 radical (unpaired) electrons. The van der Waals surface area contributed by atoms with E-state index >= 15 is 0 Å². The van der Waals surface area contributed by atoms with Crippen molar-refractivity contribution in [3.05, 3.63) is 22.7 Å². The van der Waals surface area contributed by atoms with Crippen LogP contribution in [-0.4, -0.2) is 39.6 Å². The molecule has 0 saturated carbocycles. The van der Waals surface area contributed by atoms with Gasteiger partial charge in [0.25, 0.3) is 5.56 Å². The number of likely N-dealkylation sites (tertiary alicyclic amines) is 1. The van der Waals surface area contributed by atoms with Crippen LogP contribution in [0, 0.1) is 5.92 Å². The number of rotatable bonds is 5. The quantitative estimate of drug-likeness (QED) is 0.904. The van der Waals surface area contributed by atoms with Gasteiger partial charge in [0, 0.05) is 44.1 Å². The predicted molar refractivity (Wildman–Crippen MR) is 86.7 cm³/mol. The highest BCUT2D eigenvalue weighted by molar-refractivity contribution is 5.32. The fourth-order valence-electron chi connectivity index (χ4n) is 2.84. The first-order chi connectivity index (χ1) is 9.97. The van der Waals surface area contributed by atoms with Crippen molar-refractivity contribution in [1.29, 1.82) is 0 Å². The Hall–Kier alpha value is -1.36. The van der Waals surface area contributed by atoms with Gasteiger partial charge in [-0.15, -0.1) is 0 Å². The van der Waals surface area contributed by atoms with Gasteiger partial charge in [0.2, 0.25) is 0 Å². The summed E-state index contributed by atoms with van der Waals surface area (Å²) in [6.07, 6.45) is 5.63. The first-order valence-electron chi connectivity index (χ1n) is 8.03. The van der Waals surface area contributed by atoms with Crippen LogP contribution < -0.4 is 10.9 Å². The van der Waals surface area contributed by atoms with Crippen LogP contribution in [0.2, 0.25) is 0 Å². The van der Waals surface area contributed by atoms with Crippen LogP contribution in [-0.2, 0) is 6.54 Å². The Kier molecular flexibility index (Phi) is 5.39. The molecule has 1 saturated heterocycles. The van der Waals surface area contributed by atoms with Crippen molar-refractivity contribution in [2.24, 2.45) is 5.92 Å². The second-order valence-corrected chi connectivity index (χ2v) is 6.68. The van der Waals surface area contributed by atoms with Crippen LogP contribution >= 0.6 is 0 Å². The molecule has 2 rings (SSSR count). The largest absolute Gasteiger partial charge is 0.363 e. The highest BCUT2D eigenvalue weighted by Gasteiger charge is 2.21. The van der Waals surface area contributed by atoms with Gasteiger partial charge in [-0.2, -0.15) is 0 Å². The molecule has 1 aromatic heterocycles. The molecule has 5 heteroatoms.